The minimum Gasteiger partial charge on any atom is -0.369 e. The number of piperidine rings is 1. The number of halogens is 3. The van der Waals surface area contributed by atoms with Crippen LogP contribution in [0.5, 0.6) is 0 Å². The molecule has 29 heavy (non-hydrogen) atoms. The Hall–Kier alpha value is -1.60. The van der Waals surface area contributed by atoms with Crippen molar-refractivity contribution >= 4 is 53.2 Å². The van der Waals surface area contributed by atoms with E-state index in [-0.39, 0.29) is 18.3 Å². The number of hydrogen-bond acceptors (Lipinski definition) is 5. The van der Waals surface area contributed by atoms with Crippen LogP contribution in [-0.4, -0.2) is 46.5 Å². The fourth-order valence-corrected chi connectivity index (χ4v) is 3.57. The number of carbonyl (C=O) groups is 1. The van der Waals surface area contributed by atoms with Crippen LogP contribution in [0.2, 0.25) is 10.0 Å². The van der Waals surface area contributed by atoms with Crippen molar-refractivity contribution in [3.8, 4) is 0 Å². The highest BCUT2D eigenvalue weighted by molar-refractivity contribution is 6.31. The zero-order valence-corrected chi connectivity index (χ0v) is 18.8. The van der Waals surface area contributed by atoms with Crippen LogP contribution in [0, 0.1) is 5.92 Å². The molecule has 1 saturated heterocycles. The van der Waals surface area contributed by atoms with Gasteiger partial charge in [-0.2, -0.15) is 0 Å². The highest BCUT2D eigenvalue weighted by atomic mass is 35.5. The molecule has 0 saturated carbocycles. The second-order valence-corrected chi connectivity index (χ2v) is 8.19. The van der Waals surface area contributed by atoms with Crippen LogP contribution in [0.3, 0.4) is 0 Å². The first-order valence-electron chi connectivity index (χ1n) is 9.48. The molecule has 0 atom stereocenters. The molecule has 1 fully saturated rings. The van der Waals surface area contributed by atoms with E-state index in [4.69, 9.17) is 23.2 Å². The lowest BCUT2D eigenvalue weighted by Gasteiger charge is -2.34. The van der Waals surface area contributed by atoms with Crippen molar-refractivity contribution in [2.45, 2.75) is 32.7 Å². The molecule has 0 spiro atoms. The van der Waals surface area contributed by atoms with E-state index in [0.29, 0.717) is 39.2 Å². The van der Waals surface area contributed by atoms with Crippen LogP contribution < -0.4 is 10.6 Å². The number of amides is 1. The van der Waals surface area contributed by atoms with Gasteiger partial charge in [0.15, 0.2) is 0 Å². The Balaban J connectivity index is 0.00000300. The zero-order valence-electron chi connectivity index (χ0n) is 16.5. The van der Waals surface area contributed by atoms with Crippen molar-refractivity contribution in [1.82, 2.24) is 14.9 Å². The molecule has 2 aromatic heterocycles. The van der Waals surface area contributed by atoms with Crippen LogP contribution in [0.15, 0.2) is 30.6 Å². The Morgan fingerprint density at radius 3 is 2.48 bits per heavy atom. The van der Waals surface area contributed by atoms with Gasteiger partial charge in [-0.25, -0.2) is 9.97 Å². The van der Waals surface area contributed by atoms with Gasteiger partial charge in [-0.3, -0.25) is 4.79 Å². The maximum atomic E-state index is 12.7. The largest absolute Gasteiger partial charge is 0.369 e. The fraction of sp³-hybridized carbons (Fsp3) is 0.450. The third kappa shape index (κ3) is 6.71. The summed E-state index contributed by atoms with van der Waals surface area (Å²) in [6.45, 7) is 7.45. The summed E-state index contributed by atoms with van der Waals surface area (Å²) < 4.78 is 0. The lowest BCUT2D eigenvalue weighted by atomic mass is 9.96. The number of likely N-dealkylation sites (tertiary alicyclic amines) is 1. The minimum absolute atomic E-state index is 0. The normalized spacial score (nSPS) is 15.1. The van der Waals surface area contributed by atoms with Crippen LogP contribution in [0.4, 0.5) is 11.6 Å². The van der Waals surface area contributed by atoms with E-state index in [9.17, 15) is 4.79 Å². The fourth-order valence-electron chi connectivity index (χ4n) is 3.30. The van der Waals surface area contributed by atoms with Crippen LogP contribution in [-0.2, 0) is 0 Å². The third-order valence-corrected chi connectivity index (χ3v) is 5.44. The second-order valence-electron chi connectivity index (χ2n) is 7.32. The first kappa shape index (κ1) is 23.7. The molecule has 0 radical (unpaired) electrons. The van der Waals surface area contributed by atoms with Gasteiger partial charge in [-0.05, 0) is 63.9 Å². The van der Waals surface area contributed by atoms with Crippen LogP contribution in [0.1, 0.15) is 37.0 Å². The highest BCUT2D eigenvalue weighted by Gasteiger charge is 2.22. The van der Waals surface area contributed by atoms with Gasteiger partial charge in [0, 0.05) is 25.0 Å². The summed E-state index contributed by atoms with van der Waals surface area (Å²) in [6, 6.07) is 5.52. The quantitative estimate of drug-likeness (QED) is 0.638. The molecule has 1 amide bonds. The minimum atomic E-state index is -0.318. The molecule has 3 heterocycles. The van der Waals surface area contributed by atoms with Gasteiger partial charge < -0.3 is 15.5 Å². The van der Waals surface area contributed by atoms with E-state index in [0.717, 1.165) is 32.5 Å². The summed E-state index contributed by atoms with van der Waals surface area (Å²) in [4.78, 5) is 23.6. The van der Waals surface area contributed by atoms with Gasteiger partial charge in [0.1, 0.15) is 11.6 Å². The molecule has 1 aliphatic rings. The van der Waals surface area contributed by atoms with Crippen LogP contribution in [0.25, 0.3) is 0 Å². The van der Waals surface area contributed by atoms with Gasteiger partial charge in [0.05, 0.1) is 15.6 Å². The van der Waals surface area contributed by atoms with Crippen molar-refractivity contribution in [3.05, 3.63) is 46.2 Å². The molecule has 0 bridgehead atoms. The van der Waals surface area contributed by atoms with Crippen LogP contribution >= 0.6 is 35.6 Å². The van der Waals surface area contributed by atoms with Gasteiger partial charge in [0.2, 0.25) is 0 Å². The molecule has 6 nitrogen and oxygen atoms in total. The number of pyridine rings is 2. The number of carbonyl (C=O) groups excluding carboxylic acids is 1. The SMILES string of the molecule is CC(C)N1CCC(CNc2ncc(Cl)cc2C(=O)Nc2ccc(Cl)cn2)CC1.Cl. The molecule has 2 N–H and O–H groups in total. The van der Waals surface area contributed by atoms with E-state index in [1.807, 2.05) is 0 Å². The topological polar surface area (TPSA) is 70.2 Å². The summed E-state index contributed by atoms with van der Waals surface area (Å²) in [6.07, 6.45) is 5.29. The second kappa shape index (κ2) is 11.0. The first-order chi connectivity index (χ1) is 13.4. The summed E-state index contributed by atoms with van der Waals surface area (Å²) in [5.41, 5.74) is 0.392. The average molecular weight is 459 g/mol. The molecule has 0 unspecified atom stereocenters. The summed E-state index contributed by atoms with van der Waals surface area (Å²) >= 11 is 11.9. The Morgan fingerprint density at radius 1 is 1.17 bits per heavy atom. The number of anilines is 2. The molecule has 3 rings (SSSR count). The Bertz CT molecular complexity index is 808. The van der Waals surface area contributed by atoms with Crippen molar-refractivity contribution in [2.75, 3.05) is 30.3 Å². The Labute approximate surface area is 187 Å². The predicted molar refractivity (Wildman–Crippen MR) is 122 cm³/mol. The maximum Gasteiger partial charge on any atom is 0.260 e. The van der Waals surface area contributed by atoms with Crippen molar-refractivity contribution in [2.24, 2.45) is 5.92 Å². The molecule has 158 valence electrons. The number of nitrogens with zero attached hydrogens (tertiary/aromatic N) is 3. The Morgan fingerprint density at radius 2 is 1.86 bits per heavy atom. The Kier molecular flexibility index (Phi) is 8.96. The van der Waals surface area contributed by atoms with Crippen molar-refractivity contribution < 1.29 is 4.79 Å². The van der Waals surface area contributed by atoms with E-state index in [1.54, 1.807) is 24.4 Å². The highest BCUT2D eigenvalue weighted by Crippen LogP contribution is 2.23. The zero-order chi connectivity index (χ0) is 20.1. The van der Waals surface area contributed by atoms with E-state index in [2.05, 4.69) is 39.3 Å². The van der Waals surface area contributed by atoms with Gasteiger partial charge >= 0.3 is 0 Å². The molecule has 2 aromatic rings. The molecular weight excluding hydrogens is 433 g/mol. The van der Waals surface area contributed by atoms with Crippen molar-refractivity contribution in [3.63, 3.8) is 0 Å². The monoisotopic (exact) mass is 457 g/mol. The summed E-state index contributed by atoms with van der Waals surface area (Å²) in [5, 5.41) is 7.01. The summed E-state index contributed by atoms with van der Waals surface area (Å²) in [5.74, 6) is 1.19. The number of hydrogen-bond donors (Lipinski definition) is 2. The van der Waals surface area contributed by atoms with E-state index < -0.39 is 0 Å². The van der Waals surface area contributed by atoms with E-state index >= 15 is 0 Å². The van der Waals surface area contributed by atoms with Gasteiger partial charge in [-0.1, -0.05) is 23.2 Å². The maximum absolute atomic E-state index is 12.7. The number of aromatic nitrogens is 2. The number of nitrogens with one attached hydrogen (secondary N) is 2. The van der Waals surface area contributed by atoms with Crippen molar-refractivity contribution in [1.29, 1.82) is 0 Å². The van der Waals surface area contributed by atoms with E-state index in [1.165, 1.54) is 6.20 Å². The lowest BCUT2D eigenvalue weighted by Crippen LogP contribution is -2.40. The smallest absolute Gasteiger partial charge is 0.260 e. The summed E-state index contributed by atoms with van der Waals surface area (Å²) in [7, 11) is 0. The number of rotatable bonds is 6. The third-order valence-electron chi connectivity index (χ3n) is 5.01. The molecule has 1 aliphatic heterocycles. The molecular formula is C20H26Cl3N5O. The molecule has 9 heteroatoms. The average Bonchev–Trinajstić information content (AvgIpc) is 2.69. The standard InChI is InChI=1S/C20H25Cl2N5O.ClH/c1-13(2)27-7-5-14(6-8-27)10-24-19-17(9-16(22)12-25-19)20(28)26-18-4-3-15(21)11-23-18;/h3-4,9,11-14H,5-8,10H2,1-2H3,(H,24,25)(H,23,26,28);1H. The molecule has 0 aromatic carbocycles. The predicted octanol–water partition coefficient (Wildman–Crippen LogP) is 4.99. The van der Waals surface area contributed by atoms with Gasteiger partial charge in [-0.15, -0.1) is 12.4 Å². The lowest BCUT2D eigenvalue weighted by molar-refractivity contribution is 0.102. The first-order valence-corrected chi connectivity index (χ1v) is 10.2. The molecule has 0 aliphatic carbocycles. The van der Waals surface area contributed by atoms with Gasteiger partial charge in [0.25, 0.3) is 5.91 Å².